The van der Waals surface area contributed by atoms with E-state index >= 15 is 0 Å². The molecule has 0 spiro atoms. The van der Waals surface area contributed by atoms with Crippen molar-refractivity contribution < 1.29 is 0 Å². The average Bonchev–Trinajstić information content (AvgIpc) is 2.28. The van der Waals surface area contributed by atoms with Crippen molar-refractivity contribution >= 4 is 35.4 Å². The standard InChI is InChI=1S/C14H10Cl2/c15-13-6-3-4-11(10-13)8-9-12-5-1-2-7-14(12)16/h1-10H/b9-8+. The van der Waals surface area contributed by atoms with Gasteiger partial charge in [0, 0.05) is 10.0 Å². The van der Waals surface area contributed by atoms with Gasteiger partial charge in [-0.1, -0.05) is 65.7 Å². The van der Waals surface area contributed by atoms with Gasteiger partial charge in [0.15, 0.2) is 0 Å². The lowest BCUT2D eigenvalue weighted by Crippen LogP contribution is -1.74. The van der Waals surface area contributed by atoms with E-state index in [0.29, 0.717) is 0 Å². The molecule has 0 saturated carbocycles. The lowest BCUT2D eigenvalue weighted by molar-refractivity contribution is 1.64. The Bertz CT molecular complexity index is 516. The summed E-state index contributed by atoms with van der Waals surface area (Å²) in [6, 6.07) is 15.4. The van der Waals surface area contributed by atoms with Crippen molar-refractivity contribution in [1.29, 1.82) is 0 Å². The van der Waals surface area contributed by atoms with Gasteiger partial charge >= 0.3 is 0 Å². The molecule has 0 aliphatic carbocycles. The van der Waals surface area contributed by atoms with Crippen molar-refractivity contribution in [2.45, 2.75) is 0 Å². The fourth-order valence-corrected chi connectivity index (χ4v) is 1.80. The Balaban J connectivity index is 2.25. The quantitative estimate of drug-likeness (QED) is 0.644. The van der Waals surface area contributed by atoms with Crippen LogP contribution in [0, 0.1) is 0 Å². The molecule has 2 heteroatoms. The second-order valence-electron chi connectivity index (χ2n) is 3.41. The van der Waals surface area contributed by atoms with Crippen LogP contribution in [0.4, 0.5) is 0 Å². The van der Waals surface area contributed by atoms with Crippen molar-refractivity contribution in [3.05, 3.63) is 69.7 Å². The summed E-state index contributed by atoms with van der Waals surface area (Å²) < 4.78 is 0. The third-order valence-corrected chi connectivity index (χ3v) is 2.79. The molecule has 80 valence electrons. The molecule has 0 aliphatic rings. The van der Waals surface area contributed by atoms with Gasteiger partial charge in [0.1, 0.15) is 0 Å². The predicted octanol–water partition coefficient (Wildman–Crippen LogP) is 5.16. The van der Waals surface area contributed by atoms with E-state index in [1.54, 1.807) is 0 Å². The molecule has 2 aromatic carbocycles. The Morgan fingerprint density at radius 2 is 1.62 bits per heavy atom. The highest BCUT2D eigenvalue weighted by molar-refractivity contribution is 6.32. The highest BCUT2D eigenvalue weighted by Crippen LogP contribution is 2.18. The van der Waals surface area contributed by atoms with Gasteiger partial charge in [0.2, 0.25) is 0 Å². The van der Waals surface area contributed by atoms with E-state index in [1.807, 2.05) is 60.7 Å². The molecule has 0 unspecified atom stereocenters. The number of rotatable bonds is 2. The molecule has 0 saturated heterocycles. The molecular formula is C14H10Cl2. The molecule has 0 N–H and O–H groups in total. The van der Waals surface area contributed by atoms with Crippen LogP contribution in [0.25, 0.3) is 12.2 Å². The Labute approximate surface area is 105 Å². The van der Waals surface area contributed by atoms with Crippen molar-refractivity contribution in [3.8, 4) is 0 Å². The molecule has 2 rings (SSSR count). The Kier molecular flexibility index (Phi) is 3.66. The van der Waals surface area contributed by atoms with Gasteiger partial charge in [0.05, 0.1) is 0 Å². The van der Waals surface area contributed by atoms with Crippen LogP contribution in [-0.2, 0) is 0 Å². The summed E-state index contributed by atoms with van der Waals surface area (Å²) in [5, 5.41) is 1.49. The summed E-state index contributed by atoms with van der Waals surface area (Å²) in [4.78, 5) is 0. The van der Waals surface area contributed by atoms with Gasteiger partial charge in [-0.2, -0.15) is 0 Å². The topological polar surface area (TPSA) is 0 Å². The van der Waals surface area contributed by atoms with Crippen LogP contribution in [0.15, 0.2) is 48.5 Å². The minimum absolute atomic E-state index is 0.737. The largest absolute Gasteiger partial charge is 0.0843 e. The molecule has 0 radical (unpaired) electrons. The van der Waals surface area contributed by atoms with Crippen LogP contribution in [0.5, 0.6) is 0 Å². The summed E-state index contributed by atoms with van der Waals surface area (Å²) in [6.45, 7) is 0. The van der Waals surface area contributed by atoms with E-state index in [-0.39, 0.29) is 0 Å². The zero-order chi connectivity index (χ0) is 11.4. The first-order valence-electron chi connectivity index (χ1n) is 4.94. The third kappa shape index (κ3) is 2.88. The van der Waals surface area contributed by atoms with Crippen molar-refractivity contribution in [2.75, 3.05) is 0 Å². The van der Waals surface area contributed by atoms with Crippen LogP contribution in [0.3, 0.4) is 0 Å². The molecule has 0 heterocycles. The molecule has 0 aliphatic heterocycles. The SMILES string of the molecule is Clc1cccc(/C=C/c2ccccc2Cl)c1. The monoisotopic (exact) mass is 248 g/mol. The highest BCUT2D eigenvalue weighted by Gasteiger charge is 1.93. The van der Waals surface area contributed by atoms with Gasteiger partial charge < -0.3 is 0 Å². The van der Waals surface area contributed by atoms with Crippen LogP contribution in [0.2, 0.25) is 10.0 Å². The average molecular weight is 249 g/mol. The van der Waals surface area contributed by atoms with Gasteiger partial charge in [-0.25, -0.2) is 0 Å². The molecule has 0 nitrogen and oxygen atoms in total. The lowest BCUT2D eigenvalue weighted by atomic mass is 10.1. The van der Waals surface area contributed by atoms with Gasteiger partial charge in [-0.15, -0.1) is 0 Å². The Morgan fingerprint density at radius 1 is 0.812 bits per heavy atom. The zero-order valence-electron chi connectivity index (χ0n) is 8.53. The minimum Gasteiger partial charge on any atom is -0.0843 e. The van der Waals surface area contributed by atoms with Crippen LogP contribution in [0.1, 0.15) is 11.1 Å². The second kappa shape index (κ2) is 5.20. The first-order chi connectivity index (χ1) is 7.75. The molecule has 0 fully saturated rings. The summed E-state index contributed by atoms with van der Waals surface area (Å²) in [5.41, 5.74) is 2.07. The number of halogens is 2. The van der Waals surface area contributed by atoms with Crippen LogP contribution < -0.4 is 0 Å². The fraction of sp³-hybridized carbons (Fsp3) is 0. The minimum atomic E-state index is 0.737. The van der Waals surface area contributed by atoms with E-state index < -0.39 is 0 Å². The van der Waals surface area contributed by atoms with Crippen molar-refractivity contribution in [3.63, 3.8) is 0 Å². The summed E-state index contributed by atoms with van der Waals surface area (Å²) in [6.07, 6.45) is 3.97. The Morgan fingerprint density at radius 3 is 2.38 bits per heavy atom. The number of hydrogen-bond donors (Lipinski definition) is 0. The highest BCUT2D eigenvalue weighted by atomic mass is 35.5. The first kappa shape index (κ1) is 11.3. The molecule has 0 amide bonds. The first-order valence-corrected chi connectivity index (χ1v) is 5.69. The van der Waals surface area contributed by atoms with E-state index in [0.717, 1.165) is 21.2 Å². The smallest absolute Gasteiger partial charge is 0.0478 e. The van der Waals surface area contributed by atoms with Gasteiger partial charge in [0.25, 0.3) is 0 Å². The summed E-state index contributed by atoms with van der Waals surface area (Å²) in [7, 11) is 0. The molecular weight excluding hydrogens is 239 g/mol. The normalized spacial score (nSPS) is 10.9. The maximum absolute atomic E-state index is 6.04. The molecule has 0 bridgehead atoms. The predicted molar refractivity (Wildman–Crippen MR) is 71.8 cm³/mol. The number of hydrogen-bond acceptors (Lipinski definition) is 0. The van der Waals surface area contributed by atoms with E-state index in [2.05, 4.69) is 0 Å². The maximum atomic E-state index is 6.04. The summed E-state index contributed by atoms with van der Waals surface area (Å²) >= 11 is 11.9. The van der Waals surface area contributed by atoms with Crippen molar-refractivity contribution in [1.82, 2.24) is 0 Å². The maximum Gasteiger partial charge on any atom is 0.0478 e. The Hall–Kier alpha value is -1.24. The van der Waals surface area contributed by atoms with Crippen LogP contribution in [-0.4, -0.2) is 0 Å². The van der Waals surface area contributed by atoms with Crippen LogP contribution >= 0.6 is 23.2 Å². The fourth-order valence-electron chi connectivity index (χ4n) is 1.41. The summed E-state index contributed by atoms with van der Waals surface area (Å²) in [5.74, 6) is 0. The van der Waals surface area contributed by atoms with E-state index in [9.17, 15) is 0 Å². The molecule has 16 heavy (non-hydrogen) atoms. The zero-order valence-corrected chi connectivity index (χ0v) is 10.0. The molecule has 2 aromatic rings. The van der Waals surface area contributed by atoms with E-state index in [1.165, 1.54) is 0 Å². The molecule has 0 aromatic heterocycles. The van der Waals surface area contributed by atoms with E-state index in [4.69, 9.17) is 23.2 Å². The third-order valence-electron chi connectivity index (χ3n) is 2.21. The van der Waals surface area contributed by atoms with Gasteiger partial charge in [-0.3, -0.25) is 0 Å². The van der Waals surface area contributed by atoms with Gasteiger partial charge in [-0.05, 0) is 29.3 Å². The lowest BCUT2D eigenvalue weighted by Gasteiger charge is -1.97. The van der Waals surface area contributed by atoms with Crippen molar-refractivity contribution in [2.24, 2.45) is 0 Å². The molecule has 0 atom stereocenters. The second-order valence-corrected chi connectivity index (χ2v) is 4.25. The number of benzene rings is 2.